The number of hydrogen-bond donors (Lipinski definition) is 2. The molecule has 118 valence electrons. The molecular formula is C15H24N2O4. The zero-order valence-electron chi connectivity index (χ0n) is 13.1. The van der Waals surface area contributed by atoms with Crippen LogP contribution in [0.1, 0.15) is 13.3 Å². The Balaban J connectivity index is 2.53. The van der Waals surface area contributed by atoms with Crippen LogP contribution < -0.4 is 20.1 Å². The lowest BCUT2D eigenvalue weighted by Crippen LogP contribution is -2.38. The second kappa shape index (κ2) is 9.07. The summed E-state index contributed by atoms with van der Waals surface area (Å²) < 4.78 is 15.3. The Morgan fingerprint density at radius 3 is 2.52 bits per heavy atom. The summed E-state index contributed by atoms with van der Waals surface area (Å²) in [5, 5.41) is 5.98. The molecule has 21 heavy (non-hydrogen) atoms. The first kappa shape index (κ1) is 17.1. The van der Waals surface area contributed by atoms with Gasteiger partial charge in [-0.2, -0.15) is 0 Å². The van der Waals surface area contributed by atoms with E-state index in [1.165, 1.54) is 0 Å². The maximum Gasteiger partial charge on any atom is 0.242 e. The number of nitrogens with one attached hydrogen (secondary N) is 2. The summed E-state index contributed by atoms with van der Waals surface area (Å²) >= 11 is 0. The lowest BCUT2D eigenvalue weighted by atomic mass is 10.2. The number of carbonyl (C=O) groups is 1. The van der Waals surface area contributed by atoms with Crippen molar-refractivity contribution in [2.75, 3.05) is 39.8 Å². The van der Waals surface area contributed by atoms with E-state index in [2.05, 4.69) is 10.6 Å². The molecule has 1 atom stereocenters. The van der Waals surface area contributed by atoms with E-state index in [1.807, 2.05) is 13.0 Å². The normalized spacial score (nSPS) is 11.6. The largest absolute Gasteiger partial charge is 0.493 e. The molecule has 6 heteroatoms. The summed E-state index contributed by atoms with van der Waals surface area (Å²) in [5.74, 6) is 1.22. The number of anilines is 1. The van der Waals surface area contributed by atoms with Crippen LogP contribution in [0.2, 0.25) is 0 Å². The fraction of sp³-hybridized carbons (Fsp3) is 0.533. The van der Waals surface area contributed by atoms with Crippen molar-refractivity contribution in [1.29, 1.82) is 0 Å². The summed E-state index contributed by atoms with van der Waals surface area (Å²) in [7, 11) is 4.80. The predicted molar refractivity (Wildman–Crippen MR) is 82.1 cm³/mol. The van der Waals surface area contributed by atoms with Crippen LogP contribution in [0, 0.1) is 0 Å². The first-order valence-corrected chi connectivity index (χ1v) is 6.87. The SMILES string of the molecule is COCCCNC(=O)C(C)Nc1ccc(OC)c(OC)c1. The Kier molecular flexibility index (Phi) is 7.39. The second-order valence-electron chi connectivity index (χ2n) is 4.57. The highest BCUT2D eigenvalue weighted by Crippen LogP contribution is 2.29. The van der Waals surface area contributed by atoms with Crippen molar-refractivity contribution in [2.45, 2.75) is 19.4 Å². The van der Waals surface area contributed by atoms with Gasteiger partial charge < -0.3 is 24.8 Å². The van der Waals surface area contributed by atoms with E-state index in [4.69, 9.17) is 14.2 Å². The van der Waals surface area contributed by atoms with E-state index in [0.29, 0.717) is 24.7 Å². The molecule has 0 aromatic heterocycles. The minimum atomic E-state index is -0.342. The Morgan fingerprint density at radius 1 is 1.19 bits per heavy atom. The zero-order valence-corrected chi connectivity index (χ0v) is 13.1. The van der Waals surface area contributed by atoms with Crippen molar-refractivity contribution in [3.05, 3.63) is 18.2 Å². The number of ether oxygens (including phenoxy) is 3. The molecule has 0 saturated carbocycles. The highest BCUT2D eigenvalue weighted by Gasteiger charge is 2.13. The van der Waals surface area contributed by atoms with Crippen molar-refractivity contribution in [2.24, 2.45) is 0 Å². The van der Waals surface area contributed by atoms with Gasteiger partial charge >= 0.3 is 0 Å². The quantitative estimate of drug-likeness (QED) is 0.678. The van der Waals surface area contributed by atoms with Gasteiger partial charge in [-0.15, -0.1) is 0 Å². The fourth-order valence-corrected chi connectivity index (χ4v) is 1.82. The van der Waals surface area contributed by atoms with Gasteiger partial charge in [0.15, 0.2) is 11.5 Å². The molecule has 6 nitrogen and oxygen atoms in total. The number of methoxy groups -OCH3 is 3. The molecule has 2 N–H and O–H groups in total. The first-order valence-electron chi connectivity index (χ1n) is 6.87. The Bertz CT molecular complexity index is 451. The zero-order chi connectivity index (χ0) is 15.7. The Labute approximate surface area is 125 Å². The molecule has 0 fully saturated rings. The summed E-state index contributed by atoms with van der Waals surface area (Å²) in [6.07, 6.45) is 0.797. The van der Waals surface area contributed by atoms with E-state index in [-0.39, 0.29) is 11.9 Å². The molecule has 0 bridgehead atoms. The van der Waals surface area contributed by atoms with Crippen molar-refractivity contribution >= 4 is 11.6 Å². The monoisotopic (exact) mass is 296 g/mol. The van der Waals surface area contributed by atoms with Crippen molar-refractivity contribution in [1.82, 2.24) is 5.32 Å². The van der Waals surface area contributed by atoms with Crippen LogP contribution in [0.15, 0.2) is 18.2 Å². The lowest BCUT2D eigenvalue weighted by molar-refractivity contribution is -0.121. The van der Waals surface area contributed by atoms with Gasteiger partial charge in [0.2, 0.25) is 5.91 Å². The van der Waals surface area contributed by atoms with Gasteiger partial charge in [-0.05, 0) is 25.5 Å². The Morgan fingerprint density at radius 2 is 1.90 bits per heavy atom. The predicted octanol–water partition coefficient (Wildman–Crippen LogP) is 1.66. The van der Waals surface area contributed by atoms with E-state index >= 15 is 0 Å². The fourth-order valence-electron chi connectivity index (χ4n) is 1.82. The van der Waals surface area contributed by atoms with Crippen LogP contribution in [0.25, 0.3) is 0 Å². The molecule has 1 aromatic rings. The third kappa shape index (κ3) is 5.51. The molecule has 0 heterocycles. The molecule has 1 amide bonds. The third-order valence-electron chi connectivity index (χ3n) is 2.98. The highest BCUT2D eigenvalue weighted by atomic mass is 16.5. The van der Waals surface area contributed by atoms with Crippen molar-refractivity contribution < 1.29 is 19.0 Å². The summed E-state index contributed by atoms with van der Waals surface area (Å²) in [6, 6.07) is 5.10. The summed E-state index contributed by atoms with van der Waals surface area (Å²) in [6.45, 7) is 3.05. The van der Waals surface area contributed by atoms with Gasteiger partial charge in [-0.25, -0.2) is 0 Å². The molecule has 0 aliphatic carbocycles. The van der Waals surface area contributed by atoms with E-state index < -0.39 is 0 Å². The van der Waals surface area contributed by atoms with Crippen LogP contribution in [0.3, 0.4) is 0 Å². The molecule has 0 aliphatic rings. The average Bonchev–Trinajstić information content (AvgIpc) is 2.51. The third-order valence-corrected chi connectivity index (χ3v) is 2.98. The Hall–Kier alpha value is -1.95. The number of carbonyl (C=O) groups excluding carboxylic acids is 1. The molecule has 0 spiro atoms. The smallest absolute Gasteiger partial charge is 0.242 e. The number of amides is 1. The molecule has 0 radical (unpaired) electrons. The molecule has 1 aromatic carbocycles. The maximum absolute atomic E-state index is 11.9. The maximum atomic E-state index is 11.9. The van der Waals surface area contributed by atoms with Crippen LogP contribution in [-0.4, -0.2) is 46.4 Å². The standard InChI is InChI=1S/C15H24N2O4/c1-11(15(18)16-8-5-9-19-2)17-12-6-7-13(20-3)14(10-12)21-4/h6-7,10-11,17H,5,8-9H2,1-4H3,(H,16,18). The number of benzene rings is 1. The molecular weight excluding hydrogens is 272 g/mol. The van der Waals surface area contributed by atoms with Gasteiger partial charge in [-0.1, -0.05) is 0 Å². The van der Waals surface area contributed by atoms with Gasteiger partial charge in [0.25, 0.3) is 0 Å². The van der Waals surface area contributed by atoms with Gasteiger partial charge in [0.1, 0.15) is 6.04 Å². The average molecular weight is 296 g/mol. The number of rotatable bonds is 9. The van der Waals surface area contributed by atoms with E-state index in [1.54, 1.807) is 33.5 Å². The summed E-state index contributed by atoms with van der Waals surface area (Å²) in [5.41, 5.74) is 0.798. The lowest BCUT2D eigenvalue weighted by Gasteiger charge is -2.16. The van der Waals surface area contributed by atoms with E-state index in [0.717, 1.165) is 12.1 Å². The van der Waals surface area contributed by atoms with Crippen molar-refractivity contribution in [3.8, 4) is 11.5 Å². The van der Waals surface area contributed by atoms with Crippen LogP contribution in [0.5, 0.6) is 11.5 Å². The van der Waals surface area contributed by atoms with Crippen molar-refractivity contribution in [3.63, 3.8) is 0 Å². The molecule has 0 aliphatic heterocycles. The highest BCUT2D eigenvalue weighted by molar-refractivity contribution is 5.84. The second-order valence-corrected chi connectivity index (χ2v) is 4.57. The van der Waals surface area contributed by atoms with Gasteiger partial charge in [-0.3, -0.25) is 4.79 Å². The van der Waals surface area contributed by atoms with Gasteiger partial charge in [0, 0.05) is 32.0 Å². The van der Waals surface area contributed by atoms with Crippen LogP contribution in [0.4, 0.5) is 5.69 Å². The first-order chi connectivity index (χ1) is 10.1. The van der Waals surface area contributed by atoms with E-state index in [9.17, 15) is 4.79 Å². The molecule has 0 saturated heterocycles. The summed E-state index contributed by atoms with van der Waals surface area (Å²) in [4.78, 5) is 11.9. The number of hydrogen-bond acceptors (Lipinski definition) is 5. The topological polar surface area (TPSA) is 68.8 Å². The minimum Gasteiger partial charge on any atom is -0.493 e. The van der Waals surface area contributed by atoms with Crippen LogP contribution in [-0.2, 0) is 9.53 Å². The molecule has 1 unspecified atom stereocenters. The van der Waals surface area contributed by atoms with Gasteiger partial charge in [0.05, 0.1) is 14.2 Å². The molecule has 1 rings (SSSR count). The minimum absolute atomic E-state index is 0.0547. The van der Waals surface area contributed by atoms with Crippen LogP contribution >= 0.6 is 0 Å².